The van der Waals surface area contributed by atoms with Crippen molar-refractivity contribution in [2.24, 2.45) is 0 Å². The Morgan fingerprint density at radius 1 is 1.13 bits per heavy atom. The highest BCUT2D eigenvalue weighted by molar-refractivity contribution is 7.89. The summed E-state index contributed by atoms with van der Waals surface area (Å²) in [5.41, 5.74) is -0.149. The van der Waals surface area contributed by atoms with Crippen LogP contribution in [0.5, 0.6) is 11.6 Å². The van der Waals surface area contributed by atoms with Crippen molar-refractivity contribution in [1.82, 2.24) is 14.7 Å². The molecule has 2 heterocycles. The molecule has 2 aromatic carbocycles. The van der Waals surface area contributed by atoms with Gasteiger partial charge < -0.3 is 24.3 Å². The standard InChI is InChI=1S/C25H27F3N4O6S/c1-29-39(33,34)19-9-5-17(6-10-19)31-24-30-13-20(25(26,27)28)23(32-24)38-21-11-12-36-15-22(21)37-14-16-3-7-18(35-2)8-4-16/h3-10,13,21-22,29H,11-12,14-15H2,1-2H3,(H,30,31,32)/t21-,22+/m0/s1/i1D3. The van der Waals surface area contributed by atoms with Crippen molar-refractivity contribution >= 4 is 21.7 Å². The van der Waals surface area contributed by atoms with Gasteiger partial charge in [-0.2, -0.15) is 18.2 Å². The minimum absolute atomic E-state index is 0.101. The molecule has 0 unspecified atom stereocenters. The molecule has 4 rings (SSSR count). The van der Waals surface area contributed by atoms with Crippen molar-refractivity contribution in [2.75, 3.05) is 32.6 Å². The van der Waals surface area contributed by atoms with E-state index in [4.69, 9.17) is 23.1 Å². The predicted molar refractivity (Wildman–Crippen MR) is 134 cm³/mol. The van der Waals surface area contributed by atoms with Crippen LogP contribution < -0.4 is 19.5 Å². The third kappa shape index (κ3) is 7.35. The van der Waals surface area contributed by atoms with Gasteiger partial charge in [0.25, 0.3) is 0 Å². The molecule has 3 aromatic rings. The molecule has 1 aliphatic rings. The van der Waals surface area contributed by atoms with E-state index >= 15 is 0 Å². The topological polar surface area (TPSA) is 121 Å². The number of sulfonamides is 1. The van der Waals surface area contributed by atoms with Crippen molar-refractivity contribution in [2.45, 2.75) is 36.3 Å². The fourth-order valence-corrected chi connectivity index (χ4v) is 4.28. The number of rotatable bonds is 10. The van der Waals surface area contributed by atoms with E-state index in [2.05, 4.69) is 15.3 Å². The van der Waals surface area contributed by atoms with E-state index in [0.29, 0.717) is 11.9 Å². The number of hydrogen-bond donors (Lipinski definition) is 2. The third-order valence-electron chi connectivity index (χ3n) is 5.74. The summed E-state index contributed by atoms with van der Waals surface area (Å²) in [6, 6.07) is 11.9. The molecule has 10 nitrogen and oxygen atoms in total. The predicted octanol–water partition coefficient (Wildman–Crippen LogP) is 3.91. The summed E-state index contributed by atoms with van der Waals surface area (Å²) >= 11 is 0. The molecule has 1 fully saturated rings. The van der Waals surface area contributed by atoms with Crippen molar-refractivity contribution in [3.63, 3.8) is 0 Å². The first-order chi connectivity index (χ1) is 19.7. The summed E-state index contributed by atoms with van der Waals surface area (Å²) in [4.78, 5) is 7.34. The molecule has 210 valence electrons. The van der Waals surface area contributed by atoms with Crippen LogP contribution in [0.4, 0.5) is 24.8 Å². The first kappa shape index (κ1) is 24.6. The summed E-state index contributed by atoms with van der Waals surface area (Å²) in [6.45, 7) is -2.42. The number of benzene rings is 2. The number of methoxy groups -OCH3 is 1. The van der Waals surface area contributed by atoms with Gasteiger partial charge in [-0.1, -0.05) is 12.1 Å². The van der Waals surface area contributed by atoms with Gasteiger partial charge in [-0.3, -0.25) is 0 Å². The van der Waals surface area contributed by atoms with Crippen molar-refractivity contribution in [3.05, 3.63) is 65.9 Å². The van der Waals surface area contributed by atoms with Gasteiger partial charge in [0, 0.05) is 22.4 Å². The number of anilines is 2. The summed E-state index contributed by atoms with van der Waals surface area (Å²) in [5.74, 6) is -0.302. The van der Waals surface area contributed by atoms with Crippen molar-refractivity contribution in [3.8, 4) is 11.6 Å². The summed E-state index contributed by atoms with van der Waals surface area (Å²) in [6.07, 6.45) is -5.49. The van der Waals surface area contributed by atoms with Crippen LogP contribution in [0.1, 0.15) is 21.7 Å². The quantitative estimate of drug-likeness (QED) is 0.373. The molecule has 0 radical (unpaired) electrons. The second-order valence-electron chi connectivity index (χ2n) is 8.38. The van der Waals surface area contributed by atoms with Crippen LogP contribution >= 0.6 is 0 Å². The van der Waals surface area contributed by atoms with E-state index in [1.807, 2.05) is 0 Å². The zero-order chi connectivity index (χ0) is 30.5. The molecule has 0 aliphatic carbocycles. The lowest BCUT2D eigenvalue weighted by atomic mass is 10.1. The lowest BCUT2D eigenvalue weighted by molar-refractivity contribution is -0.144. The fourth-order valence-electron chi connectivity index (χ4n) is 3.67. The zero-order valence-corrected chi connectivity index (χ0v) is 21.4. The first-order valence-corrected chi connectivity index (χ1v) is 13.1. The minimum atomic E-state index is -4.82. The van der Waals surface area contributed by atoms with E-state index in [9.17, 15) is 21.6 Å². The second kappa shape index (κ2) is 12.2. The third-order valence-corrected chi connectivity index (χ3v) is 6.91. The number of nitrogens with one attached hydrogen (secondary N) is 2. The number of alkyl halides is 3. The van der Waals surface area contributed by atoms with E-state index in [-0.39, 0.29) is 42.8 Å². The highest BCUT2D eigenvalue weighted by Crippen LogP contribution is 2.36. The number of ether oxygens (including phenoxy) is 4. The second-order valence-corrected chi connectivity index (χ2v) is 10.1. The normalized spacial score (nSPS) is 19.4. The Bertz CT molecular complexity index is 1460. The molecule has 0 saturated carbocycles. The Kier molecular flexibility index (Phi) is 7.66. The Labute approximate surface area is 227 Å². The van der Waals surface area contributed by atoms with E-state index in [1.54, 1.807) is 36.1 Å². The maximum atomic E-state index is 13.8. The van der Waals surface area contributed by atoms with Gasteiger partial charge in [0.15, 0.2) is 0 Å². The lowest BCUT2D eigenvalue weighted by Crippen LogP contribution is -2.43. The first-order valence-electron chi connectivity index (χ1n) is 13.1. The van der Waals surface area contributed by atoms with Crippen LogP contribution in [0.2, 0.25) is 0 Å². The molecular weight excluding hydrogens is 541 g/mol. The van der Waals surface area contributed by atoms with Crippen LogP contribution in [0.15, 0.2) is 59.6 Å². The molecule has 2 N–H and O–H groups in total. The van der Waals surface area contributed by atoms with Gasteiger partial charge in [-0.15, -0.1) is 0 Å². The summed E-state index contributed by atoms with van der Waals surface area (Å²) in [7, 11) is -2.78. The van der Waals surface area contributed by atoms with Gasteiger partial charge in [0.05, 0.1) is 31.8 Å². The molecular formula is C25H27F3N4O6S. The van der Waals surface area contributed by atoms with E-state index < -0.39 is 46.8 Å². The van der Waals surface area contributed by atoms with E-state index in [1.165, 1.54) is 12.1 Å². The molecule has 0 amide bonds. The Morgan fingerprint density at radius 3 is 2.54 bits per heavy atom. The Morgan fingerprint density at radius 2 is 1.87 bits per heavy atom. The summed E-state index contributed by atoms with van der Waals surface area (Å²) in [5, 5.41) is 2.69. The maximum absolute atomic E-state index is 13.8. The fraction of sp³-hybridized carbons (Fsp3) is 0.360. The molecule has 14 heteroatoms. The maximum Gasteiger partial charge on any atom is 0.423 e. The molecule has 2 atom stereocenters. The van der Waals surface area contributed by atoms with Gasteiger partial charge in [0.2, 0.25) is 21.9 Å². The van der Waals surface area contributed by atoms with E-state index in [0.717, 1.165) is 17.7 Å². The van der Waals surface area contributed by atoms with Crippen LogP contribution in [-0.2, 0) is 32.3 Å². The van der Waals surface area contributed by atoms with Gasteiger partial charge in [0.1, 0.15) is 23.5 Å². The van der Waals surface area contributed by atoms with Crippen LogP contribution in [0.3, 0.4) is 0 Å². The van der Waals surface area contributed by atoms with Crippen LogP contribution in [0, 0.1) is 0 Å². The molecule has 0 bridgehead atoms. The molecule has 0 spiro atoms. The average molecular weight is 572 g/mol. The SMILES string of the molecule is [2H]C([2H])([2H])NS(=O)(=O)c1ccc(Nc2ncc(C(F)(F)F)c(O[C@H]3CCOC[C@H]3OCc3ccc(OC)cc3)n2)cc1. The van der Waals surface area contributed by atoms with Gasteiger partial charge in [-0.25, -0.2) is 18.1 Å². The highest BCUT2D eigenvalue weighted by atomic mass is 32.2. The monoisotopic (exact) mass is 571 g/mol. The lowest BCUT2D eigenvalue weighted by Gasteiger charge is -2.32. The molecule has 39 heavy (non-hydrogen) atoms. The molecule has 1 saturated heterocycles. The van der Waals surface area contributed by atoms with Gasteiger partial charge >= 0.3 is 6.18 Å². The Balaban J connectivity index is 1.50. The summed E-state index contributed by atoms with van der Waals surface area (Å²) < 4.78 is 111. The van der Waals surface area contributed by atoms with Gasteiger partial charge in [-0.05, 0) is 48.9 Å². The van der Waals surface area contributed by atoms with Crippen LogP contribution in [0.25, 0.3) is 0 Å². The largest absolute Gasteiger partial charge is 0.497 e. The Hall–Kier alpha value is -3.46. The average Bonchev–Trinajstić information content (AvgIpc) is 2.91. The number of hydrogen-bond acceptors (Lipinski definition) is 9. The number of nitrogens with zero attached hydrogens (tertiary/aromatic N) is 2. The zero-order valence-electron chi connectivity index (χ0n) is 23.6. The molecule has 1 aromatic heterocycles. The number of aromatic nitrogens is 2. The highest BCUT2D eigenvalue weighted by Gasteiger charge is 2.38. The smallest absolute Gasteiger partial charge is 0.423 e. The molecule has 1 aliphatic heterocycles. The van der Waals surface area contributed by atoms with Crippen LogP contribution in [-0.4, -0.2) is 57.9 Å². The number of halogens is 3. The minimum Gasteiger partial charge on any atom is -0.497 e. The van der Waals surface area contributed by atoms with Crippen molar-refractivity contribution < 1.29 is 44.6 Å². The van der Waals surface area contributed by atoms with Crippen molar-refractivity contribution in [1.29, 1.82) is 0 Å².